The minimum absolute atomic E-state index is 0.0796. The van der Waals surface area contributed by atoms with Gasteiger partial charge in [-0.1, -0.05) is 6.92 Å². The number of hydrogen-bond acceptors (Lipinski definition) is 10. The molecule has 0 amide bonds. The van der Waals surface area contributed by atoms with Gasteiger partial charge in [-0.25, -0.2) is 0 Å². The average Bonchev–Trinajstić information content (AvgIpc) is 3.92. The number of carbonyl (C=O) groups is 2. The number of aliphatic hydroxyl groups is 1. The van der Waals surface area contributed by atoms with Crippen LogP contribution >= 0.6 is 0 Å². The second kappa shape index (κ2) is 14.5. The van der Waals surface area contributed by atoms with Crippen molar-refractivity contribution in [2.24, 2.45) is 22.7 Å². The molecule has 4 aliphatic rings. The zero-order valence-corrected chi connectivity index (χ0v) is 29.8. The van der Waals surface area contributed by atoms with Gasteiger partial charge in [-0.2, -0.15) is 0 Å². The Morgan fingerprint density at radius 3 is 2.31 bits per heavy atom. The number of Topliss-reactive ketones (excluding diaryl/α,β-unsaturated/α-hetero) is 1. The summed E-state index contributed by atoms with van der Waals surface area (Å²) in [4.78, 5) is 34.7. The lowest BCUT2D eigenvalue weighted by molar-refractivity contribution is -0.295. The maximum absolute atomic E-state index is 14.2. The highest BCUT2D eigenvalue weighted by atomic mass is 16.7. The minimum atomic E-state index is -1.39. The Morgan fingerprint density at radius 2 is 1.73 bits per heavy atom. The Bertz CT molecular complexity index is 1020. The van der Waals surface area contributed by atoms with Gasteiger partial charge in [0.25, 0.3) is 0 Å². The first-order valence-corrected chi connectivity index (χ1v) is 17.4. The highest BCUT2D eigenvalue weighted by Crippen LogP contribution is 2.54. The standard InChI is InChI=1S/C35H63N3O7/c1-23-20-26(36(6)7)28(39)31(44-23)45-30-24(2)29(40)33(3,4)32(41)43-22-27(38(9)18-11-14-34(30,5)42-10)35(15-16-35)17-19-37(8)21-25-12-13-25/h23-28,30-31,39H,11-22H2,1-10H3/t23-,24+,26+,27-,28-,30-,31+,34-/m1/s1. The van der Waals surface area contributed by atoms with Crippen LogP contribution in [0.25, 0.3) is 0 Å². The van der Waals surface area contributed by atoms with Crippen LogP contribution in [0.4, 0.5) is 0 Å². The van der Waals surface area contributed by atoms with Crippen LogP contribution in [0.2, 0.25) is 0 Å². The van der Waals surface area contributed by atoms with E-state index in [-0.39, 0.29) is 36.0 Å². The first kappa shape index (κ1) is 36.7. The number of cyclic esters (lactones) is 1. The summed E-state index contributed by atoms with van der Waals surface area (Å²) in [6, 6.07) is -0.0792. The molecule has 260 valence electrons. The molecule has 0 unspecified atom stereocenters. The molecular weight excluding hydrogens is 574 g/mol. The molecule has 2 saturated heterocycles. The zero-order valence-electron chi connectivity index (χ0n) is 29.8. The number of carbonyl (C=O) groups excluding carboxylic acids is 2. The van der Waals surface area contributed by atoms with Crippen molar-refractivity contribution in [3.63, 3.8) is 0 Å². The van der Waals surface area contributed by atoms with Gasteiger partial charge in [-0.05, 0) is 132 Å². The summed E-state index contributed by atoms with van der Waals surface area (Å²) in [5.74, 6) is -0.647. The number of methoxy groups -OCH3 is 1. The third kappa shape index (κ3) is 8.48. The first-order chi connectivity index (χ1) is 21.0. The topological polar surface area (TPSA) is 101 Å². The van der Waals surface area contributed by atoms with Crippen molar-refractivity contribution in [3.8, 4) is 0 Å². The smallest absolute Gasteiger partial charge is 0.319 e. The molecule has 0 aromatic rings. The number of ether oxygens (including phenoxy) is 4. The van der Waals surface area contributed by atoms with Crippen LogP contribution in [-0.2, 0) is 28.5 Å². The second-order valence-corrected chi connectivity index (χ2v) is 15.9. The van der Waals surface area contributed by atoms with Gasteiger partial charge < -0.3 is 33.9 Å². The number of ketones is 1. The molecule has 0 aromatic carbocycles. The van der Waals surface area contributed by atoms with E-state index in [0.717, 1.165) is 51.2 Å². The highest BCUT2D eigenvalue weighted by molar-refractivity contribution is 6.04. The molecule has 0 spiro atoms. The number of hydrogen-bond donors (Lipinski definition) is 1. The van der Waals surface area contributed by atoms with Gasteiger partial charge in [0.05, 0.1) is 17.8 Å². The monoisotopic (exact) mass is 637 g/mol. The second-order valence-electron chi connectivity index (χ2n) is 15.9. The van der Waals surface area contributed by atoms with Crippen LogP contribution in [-0.4, -0.2) is 135 Å². The SMILES string of the molecule is CO[C@]1(C)CCCN(C)[C@@H](C2(CCN(C)CC3CC3)CC2)COC(=O)C(C)(C)C(=O)[C@H](C)[C@H]1O[C@@H]1O[C@H](C)C[C@H](N(C)C)[C@H]1O. The number of aliphatic hydroxyl groups excluding tert-OH is 1. The van der Waals surface area contributed by atoms with Crippen LogP contribution < -0.4 is 0 Å². The highest BCUT2D eigenvalue weighted by Gasteiger charge is 2.54. The van der Waals surface area contributed by atoms with Crippen molar-refractivity contribution in [2.75, 3.05) is 61.5 Å². The third-order valence-corrected chi connectivity index (χ3v) is 11.6. The van der Waals surface area contributed by atoms with E-state index in [0.29, 0.717) is 12.8 Å². The molecule has 4 fully saturated rings. The molecule has 2 saturated carbocycles. The van der Waals surface area contributed by atoms with Crippen molar-refractivity contribution in [1.82, 2.24) is 14.7 Å². The van der Waals surface area contributed by atoms with Gasteiger partial charge in [-0.3, -0.25) is 14.5 Å². The summed E-state index contributed by atoms with van der Waals surface area (Å²) < 4.78 is 25.0. The fraction of sp³-hybridized carbons (Fsp3) is 0.943. The number of likely N-dealkylation sites (N-methyl/N-ethyl adjacent to an activating group) is 2. The predicted octanol–water partition coefficient (Wildman–Crippen LogP) is 3.58. The molecule has 0 radical (unpaired) electrons. The average molecular weight is 638 g/mol. The quantitative estimate of drug-likeness (QED) is 0.283. The number of rotatable bonds is 10. The molecule has 10 heteroatoms. The molecule has 1 N–H and O–H groups in total. The largest absolute Gasteiger partial charge is 0.463 e. The summed E-state index contributed by atoms with van der Waals surface area (Å²) in [6.45, 7) is 12.3. The van der Waals surface area contributed by atoms with Gasteiger partial charge in [0.2, 0.25) is 0 Å². The lowest BCUT2D eigenvalue weighted by Crippen LogP contribution is -2.59. The Morgan fingerprint density at radius 1 is 1.07 bits per heavy atom. The number of esters is 1. The molecule has 4 rings (SSSR count). The minimum Gasteiger partial charge on any atom is -0.463 e. The third-order valence-electron chi connectivity index (χ3n) is 11.6. The molecule has 10 nitrogen and oxygen atoms in total. The van der Waals surface area contributed by atoms with Crippen LogP contribution in [0, 0.1) is 22.7 Å². The summed E-state index contributed by atoms with van der Waals surface area (Å²) in [7, 11) is 9.88. The molecule has 2 heterocycles. The Kier molecular flexibility index (Phi) is 11.9. The van der Waals surface area contributed by atoms with E-state index in [9.17, 15) is 14.7 Å². The van der Waals surface area contributed by atoms with Crippen molar-refractivity contribution in [3.05, 3.63) is 0 Å². The van der Waals surface area contributed by atoms with Gasteiger partial charge in [0, 0.05) is 31.7 Å². The molecule has 2 aliphatic carbocycles. The Hall–Kier alpha value is -1.14. The summed E-state index contributed by atoms with van der Waals surface area (Å²) in [6.07, 6.45) is 5.35. The molecule has 0 aromatic heterocycles. The lowest BCUT2D eigenvalue weighted by Gasteiger charge is -2.46. The van der Waals surface area contributed by atoms with Crippen molar-refractivity contribution >= 4 is 11.8 Å². The van der Waals surface area contributed by atoms with Crippen molar-refractivity contribution in [1.29, 1.82) is 0 Å². The summed E-state index contributed by atoms with van der Waals surface area (Å²) in [5.41, 5.74) is -2.15. The molecule has 2 aliphatic heterocycles. The molecule has 45 heavy (non-hydrogen) atoms. The van der Waals surface area contributed by atoms with E-state index < -0.39 is 41.4 Å². The van der Waals surface area contributed by atoms with E-state index in [1.165, 1.54) is 12.8 Å². The first-order valence-electron chi connectivity index (χ1n) is 17.4. The zero-order chi connectivity index (χ0) is 33.3. The van der Waals surface area contributed by atoms with Gasteiger partial charge >= 0.3 is 5.97 Å². The fourth-order valence-corrected chi connectivity index (χ4v) is 7.86. The van der Waals surface area contributed by atoms with E-state index in [1.807, 2.05) is 32.8 Å². The van der Waals surface area contributed by atoms with Crippen molar-refractivity contribution < 1.29 is 33.6 Å². The maximum Gasteiger partial charge on any atom is 0.319 e. The van der Waals surface area contributed by atoms with Gasteiger partial charge in [0.1, 0.15) is 18.1 Å². The van der Waals surface area contributed by atoms with Gasteiger partial charge in [0.15, 0.2) is 12.1 Å². The van der Waals surface area contributed by atoms with Crippen LogP contribution in [0.15, 0.2) is 0 Å². The molecular formula is C35H63N3O7. The van der Waals surface area contributed by atoms with E-state index in [4.69, 9.17) is 18.9 Å². The normalized spacial score (nSPS) is 38.4. The summed E-state index contributed by atoms with van der Waals surface area (Å²) >= 11 is 0. The Balaban J connectivity index is 1.58. The molecule has 0 bridgehead atoms. The van der Waals surface area contributed by atoms with E-state index in [1.54, 1.807) is 27.9 Å². The van der Waals surface area contributed by atoms with E-state index in [2.05, 4.69) is 23.9 Å². The lowest BCUT2D eigenvalue weighted by atomic mass is 9.75. The van der Waals surface area contributed by atoms with Gasteiger partial charge in [-0.15, -0.1) is 0 Å². The number of nitrogens with zero attached hydrogens (tertiary/aromatic N) is 3. The van der Waals surface area contributed by atoms with E-state index >= 15 is 0 Å². The fourth-order valence-electron chi connectivity index (χ4n) is 7.86. The van der Waals surface area contributed by atoms with Crippen molar-refractivity contribution in [2.45, 2.75) is 128 Å². The summed E-state index contributed by atoms with van der Waals surface area (Å²) in [5, 5.41) is 11.3. The predicted molar refractivity (Wildman–Crippen MR) is 174 cm³/mol. The Labute approximate surface area is 272 Å². The molecule has 8 atom stereocenters. The maximum atomic E-state index is 14.2. The van der Waals surface area contributed by atoms with Crippen LogP contribution in [0.5, 0.6) is 0 Å². The van der Waals surface area contributed by atoms with Crippen LogP contribution in [0.3, 0.4) is 0 Å². The van der Waals surface area contributed by atoms with Crippen LogP contribution in [0.1, 0.15) is 86.0 Å².